The maximum absolute atomic E-state index is 12.6. The highest BCUT2D eigenvalue weighted by molar-refractivity contribution is 8.07. The van der Waals surface area contributed by atoms with Crippen molar-refractivity contribution in [3.8, 4) is 6.07 Å². The van der Waals surface area contributed by atoms with Gasteiger partial charge in [-0.1, -0.05) is 6.07 Å². The third-order valence-corrected chi connectivity index (χ3v) is 5.03. The molecule has 0 aliphatic rings. The van der Waals surface area contributed by atoms with Crippen molar-refractivity contribution in [3.63, 3.8) is 0 Å². The van der Waals surface area contributed by atoms with E-state index in [1.165, 1.54) is 29.0 Å². The highest BCUT2D eigenvalue weighted by atomic mass is 32.2. The molecule has 1 N–H and O–H groups in total. The van der Waals surface area contributed by atoms with Gasteiger partial charge in [0, 0.05) is 5.38 Å². The van der Waals surface area contributed by atoms with Gasteiger partial charge in [-0.25, -0.2) is 8.42 Å². The number of nitrogens with one attached hydrogen (secondary N) is 1. The van der Waals surface area contributed by atoms with Crippen LogP contribution in [0.5, 0.6) is 0 Å². The minimum atomic E-state index is -4.54. The Morgan fingerprint density at radius 1 is 1.30 bits per heavy atom. The molecule has 0 saturated carbocycles. The highest BCUT2D eigenvalue weighted by Gasteiger charge is 2.30. The monoisotopic (exact) mass is 359 g/mol. The molecule has 0 amide bonds. The van der Waals surface area contributed by atoms with Crippen LogP contribution in [0.3, 0.4) is 0 Å². The number of halogens is 3. The molecule has 0 bridgehead atoms. The topological polar surface area (TPSA) is 82.3 Å². The standard InChI is InChI=1S/C13H8F3N3O2S2/c14-13(15,16)9-2-1-3-10(6-9)18-19-12(7-17)23(20,21)11-4-5-22-8-11/h1-6,8,18H/b19-12-. The van der Waals surface area contributed by atoms with Crippen LogP contribution < -0.4 is 5.43 Å². The first-order valence-corrected chi connectivity index (χ1v) is 8.36. The van der Waals surface area contributed by atoms with Crippen LogP contribution in [-0.4, -0.2) is 13.5 Å². The molecule has 0 spiro atoms. The normalized spacial score (nSPS) is 12.7. The number of rotatable bonds is 3. The van der Waals surface area contributed by atoms with Crippen molar-refractivity contribution in [3.05, 3.63) is 46.7 Å². The Morgan fingerprint density at radius 2 is 2.04 bits per heavy atom. The van der Waals surface area contributed by atoms with Crippen molar-refractivity contribution in [2.75, 3.05) is 5.43 Å². The largest absolute Gasteiger partial charge is 0.416 e. The lowest BCUT2D eigenvalue weighted by Crippen LogP contribution is -2.14. The van der Waals surface area contributed by atoms with Gasteiger partial charge < -0.3 is 0 Å². The van der Waals surface area contributed by atoms with Gasteiger partial charge in [0.1, 0.15) is 6.07 Å². The van der Waals surface area contributed by atoms with E-state index < -0.39 is 26.6 Å². The van der Waals surface area contributed by atoms with Gasteiger partial charge in [0.2, 0.25) is 9.84 Å². The van der Waals surface area contributed by atoms with E-state index in [1.807, 2.05) is 0 Å². The summed E-state index contributed by atoms with van der Waals surface area (Å²) >= 11 is 1.12. The lowest BCUT2D eigenvalue weighted by Gasteiger charge is -2.08. The van der Waals surface area contributed by atoms with E-state index in [9.17, 15) is 21.6 Å². The average Bonchev–Trinajstić information content (AvgIpc) is 3.02. The molecule has 1 aromatic heterocycles. The number of hydrogen-bond acceptors (Lipinski definition) is 6. The smallest absolute Gasteiger partial charge is 0.277 e. The molecule has 0 fully saturated rings. The minimum absolute atomic E-state index is 0.0897. The van der Waals surface area contributed by atoms with Gasteiger partial charge in [0.25, 0.3) is 5.04 Å². The average molecular weight is 359 g/mol. The summed E-state index contributed by atoms with van der Waals surface area (Å²) in [5.41, 5.74) is 1.16. The number of alkyl halides is 3. The Kier molecular flexibility index (Phi) is 4.72. The van der Waals surface area contributed by atoms with Crippen LogP contribution >= 0.6 is 11.3 Å². The van der Waals surface area contributed by atoms with Crippen molar-refractivity contribution in [1.29, 1.82) is 5.26 Å². The summed E-state index contributed by atoms with van der Waals surface area (Å²) in [6.07, 6.45) is -4.54. The molecule has 1 aromatic carbocycles. The molecular formula is C13H8F3N3O2S2. The number of hydrogen-bond donors (Lipinski definition) is 1. The summed E-state index contributed by atoms with van der Waals surface area (Å²) in [6, 6.07) is 6.76. The molecule has 0 unspecified atom stereocenters. The van der Waals surface area contributed by atoms with Crippen LogP contribution in [0.4, 0.5) is 18.9 Å². The summed E-state index contributed by atoms with van der Waals surface area (Å²) in [6.45, 7) is 0. The van der Waals surface area contributed by atoms with E-state index >= 15 is 0 Å². The third kappa shape index (κ3) is 3.88. The van der Waals surface area contributed by atoms with Crippen molar-refractivity contribution in [1.82, 2.24) is 0 Å². The molecule has 2 aromatic rings. The molecule has 0 atom stereocenters. The van der Waals surface area contributed by atoms with E-state index in [-0.39, 0.29) is 10.6 Å². The molecule has 0 aliphatic carbocycles. The molecule has 23 heavy (non-hydrogen) atoms. The number of thiophene rings is 1. The van der Waals surface area contributed by atoms with Gasteiger partial charge in [0.15, 0.2) is 0 Å². The second kappa shape index (κ2) is 6.39. The maximum Gasteiger partial charge on any atom is 0.416 e. The summed E-state index contributed by atoms with van der Waals surface area (Å²) in [7, 11) is -4.10. The molecule has 5 nitrogen and oxygen atoms in total. The zero-order valence-corrected chi connectivity index (χ0v) is 12.8. The lowest BCUT2D eigenvalue weighted by atomic mass is 10.2. The van der Waals surface area contributed by atoms with Crippen LogP contribution in [-0.2, 0) is 16.0 Å². The van der Waals surface area contributed by atoms with E-state index in [1.54, 1.807) is 0 Å². The van der Waals surface area contributed by atoms with Crippen molar-refractivity contribution in [2.24, 2.45) is 5.10 Å². The zero-order valence-electron chi connectivity index (χ0n) is 11.2. The Labute approximate surface area is 133 Å². The van der Waals surface area contributed by atoms with Gasteiger partial charge >= 0.3 is 6.18 Å². The SMILES string of the molecule is N#C/C(=N/Nc1cccc(C(F)(F)F)c1)S(=O)(=O)c1ccsc1. The second-order valence-corrected chi connectivity index (χ2v) is 6.83. The molecule has 0 aliphatic heterocycles. The Balaban J connectivity index is 2.30. The van der Waals surface area contributed by atoms with Gasteiger partial charge in [-0.05, 0) is 29.6 Å². The fourth-order valence-electron chi connectivity index (χ4n) is 1.54. The fourth-order valence-corrected chi connectivity index (χ4v) is 3.57. The number of anilines is 1. The Bertz CT molecular complexity index is 867. The second-order valence-electron chi connectivity index (χ2n) is 4.18. The predicted octanol–water partition coefficient (Wildman–Crippen LogP) is 3.49. The number of sulfone groups is 1. The van der Waals surface area contributed by atoms with Crippen molar-refractivity contribution in [2.45, 2.75) is 11.1 Å². The first kappa shape index (κ1) is 17.0. The van der Waals surface area contributed by atoms with Crippen LogP contribution in [0.2, 0.25) is 0 Å². The third-order valence-electron chi connectivity index (χ3n) is 2.63. The maximum atomic E-state index is 12.6. The molecule has 0 saturated heterocycles. The number of benzene rings is 1. The van der Waals surface area contributed by atoms with Crippen LogP contribution in [0, 0.1) is 11.3 Å². The molecular weight excluding hydrogens is 351 g/mol. The van der Waals surface area contributed by atoms with Crippen LogP contribution in [0.1, 0.15) is 5.56 Å². The quantitative estimate of drug-likeness (QED) is 0.517. The fraction of sp³-hybridized carbons (Fsp3) is 0.0769. The van der Waals surface area contributed by atoms with E-state index in [0.717, 1.165) is 29.5 Å². The van der Waals surface area contributed by atoms with Gasteiger partial charge in [-0.3, -0.25) is 5.43 Å². The lowest BCUT2D eigenvalue weighted by molar-refractivity contribution is -0.137. The highest BCUT2D eigenvalue weighted by Crippen LogP contribution is 2.30. The van der Waals surface area contributed by atoms with Crippen LogP contribution in [0.25, 0.3) is 0 Å². The van der Waals surface area contributed by atoms with Gasteiger partial charge in [0.05, 0.1) is 16.1 Å². The summed E-state index contributed by atoms with van der Waals surface area (Å²) in [5, 5.41) is 14.4. The van der Waals surface area contributed by atoms with Crippen molar-refractivity contribution < 1.29 is 21.6 Å². The van der Waals surface area contributed by atoms with E-state index in [0.29, 0.717) is 0 Å². The molecule has 120 valence electrons. The molecule has 1 heterocycles. The molecule has 10 heteroatoms. The van der Waals surface area contributed by atoms with Crippen LogP contribution in [0.15, 0.2) is 51.1 Å². The first-order valence-electron chi connectivity index (χ1n) is 5.93. The molecule has 0 radical (unpaired) electrons. The van der Waals surface area contributed by atoms with Crippen molar-refractivity contribution >= 4 is 31.9 Å². The number of hydrazone groups is 1. The predicted molar refractivity (Wildman–Crippen MR) is 79.6 cm³/mol. The Morgan fingerprint density at radius 3 is 2.61 bits per heavy atom. The number of nitrogens with zero attached hydrogens (tertiary/aromatic N) is 2. The molecule has 2 rings (SSSR count). The van der Waals surface area contributed by atoms with Gasteiger partial charge in [-0.2, -0.15) is 34.9 Å². The van der Waals surface area contributed by atoms with E-state index in [2.05, 4.69) is 10.5 Å². The minimum Gasteiger partial charge on any atom is -0.277 e. The number of nitriles is 1. The summed E-state index contributed by atoms with van der Waals surface area (Å²) < 4.78 is 62.0. The summed E-state index contributed by atoms with van der Waals surface area (Å²) in [4.78, 5) is -0.103. The Hall–Kier alpha value is -2.38. The zero-order chi connectivity index (χ0) is 17.1. The first-order chi connectivity index (χ1) is 10.7. The van der Waals surface area contributed by atoms with E-state index in [4.69, 9.17) is 5.26 Å². The summed E-state index contributed by atoms with van der Waals surface area (Å²) in [5.74, 6) is 0. The van der Waals surface area contributed by atoms with Gasteiger partial charge in [-0.15, -0.1) is 0 Å².